The first-order chi connectivity index (χ1) is 5.02. The zero-order valence-electron chi connectivity index (χ0n) is 7.18. The van der Waals surface area contributed by atoms with Gasteiger partial charge >= 0.3 is 5.97 Å². The van der Waals surface area contributed by atoms with E-state index in [1.54, 1.807) is 20.8 Å². The molecule has 0 aliphatic carbocycles. The molecule has 11 heavy (non-hydrogen) atoms. The highest BCUT2D eigenvalue weighted by atomic mass is 16.6. The van der Waals surface area contributed by atoms with Crippen molar-refractivity contribution in [2.24, 2.45) is 0 Å². The van der Waals surface area contributed by atoms with Crippen molar-refractivity contribution in [3.8, 4) is 6.07 Å². The van der Waals surface area contributed by atoms with E-state index in [4.69, 9.17) is 10.00 Å². The van der Waals surface area contributed by atoms with Gasteiger partial charge in [-0.25, -0.2) is 0 Å². The van der Waals surface area contributed by atoms with Crippen LogP contribution in [-0.2, 0) is 9.53 Å². The summed E-state index contributed by atoms with van der Waals surface area (Å²) in [6, 6.07) is 1.96. The summed E-state index contributed by atoms with van der Waals surface area (Å²) in [5, 5.41) is 8.35. The van der Waals surface area contributed by atoms with Crippen molar-refractivity contribution in [2.45, 2.75) is 39.2 Å². The fourth-order valence-corrected chi connectivity index (χ4v) is 0.607. The number of nitriles is 1. The first kappa shape index (κ1) is 9.96. The van der Waals surface area contributed by atoms with E-state index < -0.39 is 5.60 Å². The Bertz CT molecular complexity index is 179. The molecule has 0 N–H and O–H groups in total. The molecular formula is C8H13NO2. The van der Waals surface area contributed by atoms with Crippen LogP contribution in [0, 0.1) is 11.3 Å². The summed E-state index contributed by atoms with van der Waals surface area (Å²) < 4.78 is 4.97. The lowest BCUT2D eigenvalue weighted by molar-refractivity contribution is -0.155. The largest absolute Gasteiger partial charge is 0.459 e. The van der Waals surface area contributed by atoms with Crippen molar-refractivity contribution in [1.29, 1.82) is 5.26 Å². The van der Waals surface area contributed by atoms with Crippen molar-refractivity contribution < 1.29 is 9.53 Å². The summed E-state index contributed by atoms with van der Waals surface area (Å²) in [6.45, 7) is 5.18. The van der Waals surface area contributed by atoms with E-state index in [0.29, 0.717) is 6.42 Å². The standard InChI is InChI=1S/C8H13NO2/c1-4-7(10)11-8(2,3)5-6-9/h4-5H2,1-3H3. The van der Waals surface area contributed by atoms with Crippen LogP contribution in [0.25, 0.3) is 0 Å². The Kier molecular flexibility index (Phi) is 3.59. The van der Waals surface area contributed by atoms with E-state index in [1.807, 2.05) is 6.07 Å². The van der Waals surface area contributed by atoms with Gasteiger partial charge in [0.05, 0.1) is 12.5 Å². The van der Waals surface area contributed by atoms with Crippen molar-refractivity contribution >= 4 is 5.97 Å². The van der Waals surface area contributed by atoms with Gasteiger partial charge in [0.25, 0.3) is 0 Å². The number of esters is 1. The summed E-state index contributed by atoms with van der Waals surface area (Å²) in [5.74, 6) is -0.259. The van der Waals surface area contributed by atoms with E-state index in [1.165, 1.54) is 0 Å². The Morgan fingerprint density at radius 3 is 2.55 bits per heavy atom. The van der Waals surface area contributed by atoms with Gasteiger partial charge in [0.15, 0.2) is 0 Å². The Morgan fingerprint density at radius 2 is 2.18 bits per heavy atom. The molecule has 0 amide bonds. The normalized spacial score (nSPS) is 10.4. The minimum absolute atomic E-state index is 0.235. The molecule has 3 nitrogen and oxygen atoms in total. The van der Waals surface area contributed by atoms with Gasteiger partial charge in [0.2, 0.25) is 0 Å². The third-order valence-electron chi connectivity index (χ3n) is 1.18. The molecule has 0 radical (unpaired) electrons. The summed E-state index contributed by atoms with van der Waals surface area (Å²) in [5.41, 5.74) is -0.637. The molecule has 0 aromatic carbocycles. The molecule has 3 heteroatoms. The molecule has 0 aromatic heterocycles. The number of rotatable bonds is 3. The van der Waals surface area contributed by atoms with Crippen LogP contribution in [-0.4, -0.2) is 11.6 Å². The second-order valence-electron chi connectivity index (χ2n) is 2.92. The van der Waals surface area contributed by atoms with Gasteiger partial charge in [-0.3, -0.25) is 4.79 Å². The van der Waals surface area contributed by atoms with Gasteiger partial charge in [0.1, 0.15) is 5.60 Å². The van der Waals surface area contributed by atoms with E-state index in [9.17, 15) is 4.79 Å². The van der Waals surface area contributed by atoms with Crippen molar-refractivity contribution in [2.75, 3.05) is 0 Å². The van der Waals surface area contributed by atoms with Gasteiger partial charge in [-0.2, -0.15) is 5.26 Å². The molecule has 0 saturated carbocycles. The zero-order valence-corrected chi connectivity index (χ0v) is 7.18. The van der Waals surface area contributed by atoms with Crippen LogP contribution in [0.2, 0.25) is 0 Å². The predicted octanol–water partition coefficient (Wildman–Crippen LogP) is 1.63. The van der Waals surface area contributed by atoms with Gasteiger partial charge < -0.3 is 4.74 Å². The molecule has 0 heterocycles. The first-order valence-corrected chi connectivity index (χ1v) is 3.60. The maximum Gasteiger partial charge on any atom is 0.306 e. The molecule has 0 aromatic rings. The molecule has 0 aliphatic rings. The third-order valence-corrected chi connectivity index (χ3v) is 1.18. The van der Waals surface area contributed by atoms with Gasteiger partial charge in [-0.15, -0.1) is 0 Å². The monoisotopic (exact) mass is 155 g/mol. The quantitative estimate of drug-likeness (QED) is 0.582. The SMILES string of the molecule is CCC(=O)OC(C)(C)CC#N. The maximum absolute atomic E-state index is 10.8. The zero-order chi connectivity index (χ0) is 8.91. The summed E-state index contributed by atoms with van der Waals surface area (Å²) in [4.78, 5) is 10.8. The molecule has 62 valence electrons. The summed E-state index contributed by atoms with van der Waals surface area (Å²) in [6.07, 6.45) is 0.591. The number of carbonyl (C=O) groups excluding carboxylic acids is 1. The summed E-state index contributed by atoms with van der Waals surface area (Å²) >= 11 is 0. The molecule has 0 atom stereocenters. The van der Waals surface area contributed by atoms with Gasteiger partial charge in [0, 0.05) is 6.42 Å². The molecule has 0 fully saturated rings. The number of carbonyl (C=O) groups is 1. The molecule has 0 aliphatic heterocycles. The van der Waals surface area contributed by atoms with Crippen LogP contribution in [0.3, 0.4) is 0 Å². The highest BCUT2D eigenvalue weighted by molar-refractivity contribution is 5.69. The fourth-order valence-electron chi connectivity index (χ4n) is 0.607. The number of hydrogen-bond donors (Lipinski definition) is 0. The van der Waals surface area contributed by atoms with Crippen LogP contribution >= 0.6 is 0 Å². The topological polar surface area (TPSA) is 50.1 Å². The number of ether oxygens (including phenoxy) is 1. The second-order valence-corrected chi connectivity index (χ2v) is 2.92. The van der Waals surface area contributed by atoms with Crippen molar-refractivity contribution in [3.05, 3.63) is 0 Å². The molecule has 0 spiro atoms. The van der Waals surface area contributed by atoms with Crippen LogP contribution in [0.5, 0.6) is 0 Å². The van der Waals surface area contributed by atoms with Crippen LogP contribution < -0.4 is 0 Å². The average Bonchev–Trinajstić information content (AvgIpc) is 1.86. The lowest BCUT2D eigenvalue weighted by Gasteiger charge is -2.21. The molecule has 0 rings (SSSR count). The lowest BCUT2D eigenvalue weighted by Crippen LogP contribution is -2.26. The number of nitrogens with zero attached hydrogens (tertiary/aromatic N) is 1. The predicted molar refractivity (Wildman–Crippen MR) is 40.7 cm³/mol. The number of hydrogen-bond acceptors (Lipinski definition) is 3. The Morgan fingerprint density at radius 1 is 1.64 bits per heavy atom. The van der Waals surface area contributed by atoms with Gasteiger partial charge in [-0.1, -0.05) is 6.92 Å². The molecule has 0 bridgehead atoms. The van der Waals surface area contributed by atoms with Crippen LogP contribution in [0.1, 0.15) is 33.6 Å². The van der Waals surface area contributed by atoms with E-state index in [2.05, 4.69) is 0 Å². The first-order valence-electron chi connectivity index (χ1n) is 3.60. The average molecular weight is 155 g/mol. The van der Waals surface area contributed by atoms with Crippen molar-refractivity contribution in [1.82, 2.24) is 0 Å². The maximum atomic E-state index is 10.8. The highest BCUT2D eigenvalue weighted by Crippen LogP contribution is 2.13. The highest BCUT2D eigenvalue weighted by Gasteiger charge is 2.21. The smallest absolute Gasteiger partial charge is 0.306 e. The third kappa shape index (κ3) is 4.38. The van der Waals surface area contributed by atoms with Crippen molar-refractivity contribution in [3.63, 3.8) is 0 Å². The van der Waals surface area contributed by atoms with E-state index in [0.717, 1.165) is 0 Å². The van der Waals surface area contributed by atoms with Crippen LogP contribution in [0.15, 0.2) is 0 Å². The Labute approximate surface area is 67.0 Å². The Hall–Kier alpha value is -1.04. The van der Waals surface area contributed by atoms with E-state index >= 15 is 0 Å². The van der Waals surface area contributed by atoms with Gasteiger partial charge in [-0.05, 0) is 13.8 Å². The fraction of sp³-hybridized carbons (Fsp3) is 0.750. The lowest BCUT2D eigenvalue weighted by atomic mass is 10.1. The molecular weight excluding hydrogens is 142 g/mol. The molecule has 0 saturated heterocycles. The van der Waals surface area contributed by atoms with E-state index in [-0.39, 0.29) is 12.4 Å². The molecule has 0 unspecified atom stereocenters. The minimum Gasteiger partial charge on any atom is -0.459 e. The second kappa shape index (κ2) is 3.97. The Balaban J connectivity index is 3.92. The van der Waals surface area contributed by atoms with Crippen LogP contribution in [0.4, 0.5) is 0 Å². The minimum atomic E-state index is -0.637. The summed E-state index contributed by atoms with van der Waals surface area (Å²) in [7, 11) is 0.